The van der Waals surface area contributed by atoms with E-state index in [-0.39, 0.29) is 63.7 Å². The number of rotatable bonds is 11. The summed E-state index contributed by atoms with van der Waals surface area (Å²) in [5.74, 6) is -2.70. The van der Waals surface area contributed by atoms with E-state index >= 15 is 4.39 Å². The summed E-state index contributed by atoms with van der Waals surface area (Å²) in [6, 6.07) is 5.74. The van der Waals surface area contributed by atoms with E-state index in [0.29, 0.717) is 11.1 Å². The third-order valence-corrected chi connectivity index (χ3v) is 11.3. The average Bonchev–Trinajstić information content (AvgIpc) is 3.76. The number of aromatic nitrogens is 4. The van der Waals surface area contributed by atoms with Crippen molar-refractivity contribution in [1.29, 1.82) is 0 Å². The van der Waals surface area contributed by atoms with Crippen LogP contribution in [-0.2, 0) is 32.3 Å². The number of hydrogen-bond donors (Lipinski definition) is 5. The number of aliphatic imine (C=N–C) groups is 1. The van der Waals surface area contributed by atoms with Gasteiger partial charge in [0.2, 0.25) is 11.5 Å². The molecule has 7 N–H and O–H groups in total. The van der Waals surface area contributed by atoms with Gasteiger partial charge in [0, 0.05) is 63.2 Å². The molecule has 0 radical (unpaired) electrons. The van der Waals surface area contributed by atoms with Gasteiger partial charge in [0.15, 0.2) is 24.1 Å². The van der Waals surface area contributed by atoms with Gasteiger partial charge >= 0.3 is 5.97 Å². The third kappa shape index (κ3) is 7.28. The van der Waals surface area contributed by atoms with Crippen molar-refractivity contribution < 1.29 is 33.3 Å². The largest absolute Gasteiger partial charge is 0.477 e. The molecule has 3 aliphatic heterocycles. The standard InChI is InChI=1S/C33H33ClFN11O5S2/c1-51-42-24(28-41-33(37)53-43-28)29(47)40-25-30(48)46-26(32(49)50)18(15-52-31(25)46)12-44-7-4-16-5-8-45(23(16)14-44)13-20-21(34)9-17(10-22(20)35)27(36)39-19-3-2-6-38-11-19/h4-5,7-10,14,19,25,31,38H,2-3,6,11-13,15H2,1H3,(H5-,36,37,39,40,41,43,47,49,50)/p+1/b42-24-/t19?,25-,31-/m1/s1. The molecule has 3 aromatic heterocycles. The number of amides is 2. The Morgan fingerprint density at radius 2 is 2.15 bits per heavy atom. The number of halogens is 2. The highest BCUT2D eigenvalue weighted by atomic mass is 35.5. The molecule has 1 aromatic carbocycles. The van der Waals surface area contributed by atoms with Crippen molar-refractivity contribution >= 4 is 80.3 Å². The van der Waals surface area contributed by atoms with Gasteiger partial charge in [-0.05, 0) is 37.6 Å². The van der Waals surface area contributed by atoms with Crippen LogP contribution in [0.5, 0.6) is 0 Å². The Bertz CT molecular complexity index is 2190. The molecular weight excluding hydrogens is 749 g/mol. The lowest BCUT2D eigenvalue weighted by Gasteiger charge is -2.49. The summed E-state index contributed by atoms with van der Waals surface area (Å²) in [4.78, 5) is 53.4. The van der Waals surface area contributed by atoms with Gasteiger partial charge in [0.05, 0.1) is 12.6 Å². The molecule has 1 unspecified atom stereocenters. The summed E-state index contributed by atoms with van der Waals surface area (Å²) in [6.07, 6.45) is 7.36. The van der Waals surface area contributed by atoms with Gasteiger partial charge in [0.1, 0.15) is 41.4 Å². The first-order valence-electron chi connectivity index (χ1n) is 16.4. The molecule has 53 heavy (non-hydrogen) atoms. The number of benzene rings is 1. The first-order chi connectivity index (χ1) is 25.5. The van der Waals surface area contributed by atoms with E-state index in [0.717, 1.165) is 48.4 Å². The Balaban J connectivity index is 1.08. The Kier molecular flexibility index (Phi) is 10.3. The quantitative estimate of drug-likeness (QED) is 0.0482. The van der Waals surface area contributed by atoms with E-state index in [1.165, 1.54) is 29.8 Å². The van der Waals surface area contributed by atoms with Crippen molar-refractivity contribution in [3.8, 4) is 0 Å². The molecule has 3 aliphatic rings. The summed E-state index contributed by atoms with van der Waals surface area (Å²) in [5.41, 5.74) is 13.4. The number of piperidine rings is 1. The summed E-state index contributed by atoms with van der Waals surface area (Å²) in [5, 5.41) is 20.4. The number of anilines is 1. The molecule has 0 spiro atoms. The summed E-state index contributed by atoms with van der Waals surface area (Å²) < 4.78 is 23.2. The minimum absolute atomic E-state index is 0.0268. The Morgan fingerprint density at radius 3 is 2.85 bits per heavy atom. The normalized spacial score (nSPS) is 20.7. The predicted molar refractivity (Wildman–Crippen MR) is 197 cm³/mol. The monoisotopic (exact) mass is 782 g/mol. The molecule has 2 saturated heterocycles. The van der Waals surface area contributed by atoms with Gasteiger partial charge in [0.25, 0.3) is 11.8 Å². The number of amidine groups is 1. The number of pyridine rings is 1. The predicted octanol–water partition coefficient (Wildman–Crippen LogP) is 1.45. The molecule has 0 aliphatic carbocycles. The van der Waals surface area contributed by atoms with Crippen molar-refractivity contribution in [3.63, 3.8) is 0 Å². The van der Waals surface area contributed by atoms with E-state index in [9.17, 15) is 19.5 Å². The Labute approximate surface area is 314 Å². The minimum Gasteiger partial charge on any atom is -0.477 e. The first-order valence-corrected chi connectivity index (χ1v) is 18.6. The minimum atomic E-state index is -1.27. The first kappa shape index (κ1) is 36.3. The van der Waals surface area contributed by atoms with Gasteiger partial charge in [-0.3, -0.25) is 19.5 Å². The van der Waals surface area contributed by atoms with Gasteiger partial charge < -0.3 is 36.6 Å². The molecule has 2 amide bonds. The fraction of sp³-hybridized carbons (Fsp3) is 0.333. The number of oxime groups is 1. The van der Waals surface area contributed by atoms with E-state index in [4.69, 9.17) is 27.9 Å². The lowest BCUT2D eigenvalue weighted by atomic mass is 10.0. The molecule has 0 bridgehead atoms. The zero-order chi connectivity index (χ0) is 37.4. The van der Waals surface area contributed by atoms with E-state index in [1.54, 1.807) is 16.8 Å². The highest BCUT2D eigenvalue weighted by Gasteiger charge is 2.55. The van der Waals surface area contributed by atoms with Crippen molar-refractivity contribution in [2.45, 2.75) is 43.4 Å². The van der Waals surface area contributed by atoms with Crippen LogP contribution in [0, 0.1) is 5.82 Å². The van der Waals surface area contributed by atoms with E-state index in [2.05, 4.69) is 30.1 Å². The molecule has 6 heterocycles. The molecule has 16 nitrogen and oxygen atoms in total. The fourth-order valence-corrected chi connectivity index (χ4v) is 8.57. The number of carboxylic acids is 1. The SMILES string of the molecule is CO/N=C(\C(=O)N[C@@H]1C(=O)N2C(C(=O)O)=C(C[n+]3ccc4ccn(Cc5c(F)cc(C(N)=NC6CCCNC6)cc5Cl)c4c3)CS[C@H]12)c1nsc(N)n1. The zero-order valence-corrected chi connectivity index (χ0v) is 30.6. The lowest BCUT2D eigenvalue weighted by Crippen LogP contribution is -2.71. The number of carbonyl (C=O) groups excluding carboxylic acids is 2. The maximum absolute atomic E-state index is 15.5. The average molecular weight is 783 g/mol. The van der Waals surface area contributed by atoms with Crippen molar-refractivity contribution in [1.82, 2.24) is 29.5 Å². The molecular formula is C33H34ClFN11O5S2+. The van der Waals surface area contributed by atoms with Crippen LogP contribution in [-0.4, -0.2) is 96.7 Å². The highest BCUT2D eigenvalue weighted by Crippen LogP contribution is 2.40. The number of nitrogens with two attached hydrogens (primary N) is 2. The van der Waals surface area contributed by atoms with Crippen LogP contribution in [0.25, 0.3) is 10.9 Å². The third-order valence-electron chi connectivity index (χ3n) is 9.09. The topological polar surface area (TPSA) is 219 Å². The summed E-state index contributed by atoms with van der Waals surface area (Å²) in [7, 11) is 1.24. The number of thioether (sulfide) groups is 1. The second-order valence-electron chi connectivity index (χ2n) is 12.5. The molecule has 20 heteroatoms. The number of aliphatic carboxylic acids is 1. The van der Waals surface area contributed by atoms with E-state index in [1.807, 2.05) is 29.1 Å². The molecule has 3 atom stereocenters. The van der Waals surface area contributed by atoms with E-state index < -0.39 is 35.0 Å². The van der Waals surface area contributed by atoms with Crippen LogP contribution in [0.15, 0.2) is 64.3 Å². The molecule has 4 aromatic rings. The number of carboxylic acid groups (broad SMARTS) is 1. The van der Waals surface area contributed by atoms with Crippen LogP contribution in [0.2, 0.25) is 5.02 Å². The second kappa shape index (κ2) is 15.1. The molecule has 7 rings (SSSR count). The maximum atomic E-state index is 15.5. The lowest BCUT2D eigenvalue weighted by molar-refractivity contribution is -0.687. The van der Waals surface area contributed by atoms with Crippen LogP contribution >= 0.6 is 34.9 Å². The van der Waals surface area contributed by atoms with Crippen LogP contribution in [0.3, 0.4) is 0 Å². The fourth-order valence-electron chi connectivity index (χ4n) is 6.53. The summed E-state index contributed by atoms with van der Waals surface area (Å²) >= 11 is 8.80. The van der Waals surface area contributed by atoms with Crippen molar-refractivity contribution in [2.75, 3.05) is 31.7 Å². The number of carbonyl (C=O) groups is 3. The van der Waals surface area contributed by atoms with Crippen molar-refractivity contribution in [3.05, 3.63) is 81.9 Å². The number of nitrogens with one attached hydrogen (secondary N) is 2. The smallest absolute Gasteiger partial charge is 0.352 e. The number of nitrogens with zero attached hydrogens (tertiary/aromatic N) is 7. The number of hydrogen-bond acceptors (Lipinski definition) is 12. The Hall–Kier alpha value is -5.11. The van der Waals surface area contributed by atoms with Gasteiger partial charge in [-0.2, -0.15) is 13.9 Å². The zero-order valence-electron chi connectivity index (χ0n) is 28.2. The van der Waals surface area contributed by atoms with Gasteiger partial charge in [-0.15, -0.1) is 11.8 Å². The number of fused-ring (bicyclic) bond motifs is 2. The molecule has 2 fully saturated rings. The van der Waals surface area contributed by atoms with Crippen LogP contribution in [0.1, 0.15) is 29.8 Å². The maximum Gasteiger partial charge on any atom is 0.352 e. The second-order valence-corrected chi connectivity index (χ2v) is 14.8. The van der Waals surface area contributed by atoms with Gasteiger partial charge in [-0.1, -0.05) is 16.8 Å². The van der Waals surface area contributed by atoms with Crippen LogP contribution in [0.4, 0.5) is 9.52 Å². The van der Waals surface area contributed by atoms with Crippen LogP contribution < -0.4 is 26.7 Å². The molecule has 276 valence electrons. The molecule has 0 saturated carbocycles. The highest BCUT2D eigenvalue weighted by molar-refractivity contribution is 8.00. The van der Waals surface area contributed by atoms with Crippen molar-refractivity contribution in [2.24, 2.45) is 15.9 Å². The Morgan fingerprint density at radius 1 is 1.32 bits per heavy atom. The van der Waals surface area contributed by atoms with Gasteiger partial charge in [-0.25, -0.2) is 9.18 Å². The number of β-lactam (4-membered cyclic amide) rings is 1. The number of nitrogen functional groups attached to an aromatic ring is 1. The summed E-state index contributed by atoms with van der Waals surface area (Å²) in [6.45, 7) is 1.94.